The molecular weight excluding hydrogens is 408 g/mol. The van der Waals surface area contributed by atoms with Crippen molar-refractivity contribution in [2.45, 2.75) is 72.7 Å². The Balaban J connectivity index is 2.02. The van der Waals surface area contributed by atoms with E-state index in [-0.39, 0.29) is 16.9 Å². The van der Waals surface area contributed by atoms with Crippen LogP contribution >= 0.6 is 0 Å². The van der Waals surface area contributed by atoms with E-state index < -0.39 is 8.32 Å². The van der Waals surface area contributed by atoms with E-state index in [2.05, 4.69) is 43.8 Å². The number of phenolic OH excluding ortho intramolecular Hbond substituents is 1. The summed E-state index contributed by atoms with van der Waals surface area (Å²) in [5, 5.41) is 11.4. The van der Waals surface area contributed by atoms with Gasteiger partial charge in [0, 0.05) is 12.4 Å². The fourth-order valence-electron chi connectivity index (χ4n) is 3.43. The van der Waals surface area contributed by atoms with Gasteiger partial charge in [-0.25, -0.2) is 9.97 Å². The van der Waals surface area contributed by atoms with Crippen LogP contribution in [-0.2, 0) is 4.43 Å². The molecule has 1 aromatic carbocycles. The van der Waals surface area contributed by atoms with Crippen molar-refractivity contribution in [2.24, 2.45) is 0 Å². The minimum absolute atomic E-state index is 0.110. The van der Waals surface area contributed by atoms with E-state index in [1.54, 1.807) is 19.5 Å². The molecule has 0 bridgehead atoms. The molecule has 0 fully saturated rings. The molecule has 3 aromatic rings. The van der Waals surface area contributed by atoms with Gasteiger partial charge in [-0.3, -0.25) is 0 Å². The summed E-state index contributed by atoms with van der Waals surface area (Å²) in [5.41, 5.74) is 4.09. The van der Waals surface area contributed by atoms with E-state index in [1.807, 2.05) is 27.7 Å². The Bertz CT molecular complexity index is 1110. The van der Waals surface area contributed by atoms with Crippen LogP contribution in [0.4, 0.5) is 0 Å². The Morgan fingerprint density at radius 3 is 2.13 bits per heavy atom. The zero-order valence-corrected chi connectivity index (χ0v) is 21.3. The Morgan fingerprint density at radius 1 is 1.03 bits per heavy atom. The Labute approximate surface area is 185 Å². The number of nitrogens with zero attached hydrogens (tertiary/aromatic N) is 2. The Kier molecular flexibility index (Phi) is 5.97. The first-order valence-corrected chi connectivity index (χ1v) is 13.5. The Hall–Kier alpha value is -2.38. The van der Waals surface area contributed by atoms with Crippen LogP contribution in [0, 0.1) is 20.8 Å². The van der Waals surface area contributed by atoms with Gasteiger partial charge in [0.15, 0.2) is 25.7 Å². The lowest BCUT2D eigenvalue weighted by Crippen LogP contribution is -2.41. The van der Waals surface area contributed by atoms with Gasteiger partial charge in [-0.1, -0.05) is 20.8 Å². The predicted molar refractivity (Wildman–Crippen MR) is 126 cm³/mol. The largest absolute Gasteiger partial charge is 0.507 e. The molecule has 3 rings (SSSR count). The number of aryl methyl sites for hydroxylation is 1. The molecule has 1 atom stereocenters. The molecule has 0 aliphatic carbocycles. The molecule has 1 N–H and O–H groups in total. The number of methoxy groups -OCH3 is 1. The van der Waals surface area contributed by atoms with E-state index >= 15 is 0 Å². The number of ether oxygens (including phenoxy) is 1. The van der Waals surface area contributed by atoms with Gasteiger partial charge in [-0.05, 0) is 62.5 Å². The van der Waals surface area contributed by atoms with Crippen LogP contribution in [0.5, 0.6) is 11.5 Å². The molecule has 0 saturated carbocycles. The summed E-state index contributed by atoms with van der Waals surface area (Å²) in [7, 11) is -0.363. The highest BCUT2D eigenvalue weighted by molar-refractivity contribution is 6.74. The molecule has 31 heavy (non-hydrogen) atoms. The third-order valence-corrected chi connectivity index (χ3v) is 11.3. The zero-order chi connectivity index (χ0) is 23.3. The zero-order valence-electron chi connectivity index (χ0n) is 20.3. The van der Waals surface area contributed by atoms with E-state index in [1.165, 1.54) is 0 Å². The van der Waals surface area contributed by atoms with Gasteiger partial charge in [0.05, 0.1) is 12.7 Å². The smallest absolute Gasteiger partial charge is 0.193 e. The first-order valence-electron chi connectivity index (χ1n) is 10.6. The second kappa shape index (κ2) is 7.95. The van der Waals surface area contributed by atoms with Crippen LogP contribution in [-0.4, -0.2) is 30.5 Å². The summed E-state index contributed by atoms with van der Waals surface area (Å²) in [5.74, 6) is 1.80. The number of hydrogen-bond donors (Lipinski definition) is 1. The lowest BCUT2D eigenvalue weighted by molar-refractivity contribution is 0.193. The number of phenols is 1. The van der Waals surface area contributed by atoms with Crippen molar-refractivity contribution in [3.05, 3.63) is 34.9 Å². The van der Waals surface area contributed by atoms with Crippen molar-refractivity contribution in [1.29, 1.82) is 0 Å². The highest BCUT2D eigenvalue weighted by atomic mass is 28.4. The number of aromatic nitrogens is 2. The minimum atomic E-state index is -1.94. The van der Waals surface area contributed by atoms with Crippen molar-refractivity contribution < 1.29 is 18.7 Å². The summed E-state index contributed by atoms with van der Waals surface area (Å²) in [6.45, 7) is 18.9. The molecule has 0 spiro atoms. The standard InChI is InChI=1S/C24H34N2O4Si/c1-13-14(2)19(27)18-20(15(13)3)29-21(22(18)28-8)17-11-25-23(26-12-17)16(4)30-31(9,10)24(5,6)7/h11-12,16,27H,1-10H3. The van der Waals surface area contributed by atoms with Gasteiger partial charge in [0.25, 0.3) is 0 Å². The van der Waals surface area contributed by atoms with Crippen LogP contribution in [0.25, 0.3) is 22.3 Å². The maximum atomic E-state index is 10.7. The number of hydrogen-bond acceptors (Lipinski definition) is 6. The maximum absolute atomic E-state index is 10.7. The molecular formula is C24H34N2O4Si. The number of furan rings is 1. The van der Waals surface area contributed by atoms with Gasteiger partial charge in [0.1, 0.15) is 22.8 Å². The molecule has 0 aliphatic rings. The lowest BCUT2D eigenvalue weighted by atomic mass is 9.99. The van der Waals surface area contributed by atoms with E-state index in [0.29, 0.717) is 33.9 Å². The third-order valence-electron chi connectivity index (χ3n) is 6.70. The predicted octanol–water partition coefficient (Wildman–Crippen LogP) is 6.61. The van der Waals surface area contributed by atoms with Crippen LogP contribution in [0.3, 0.4) is 0 Å². The molecule has 168 valence electrons. The summed E-state index contributed by atoms with van der Waals surface area (Å²) in [6, 6.07) is 0. The molecule has 1 unspecified atom stereocenters. The minimum Gasteiger partial charge on any atom is -0.507 e. The monoisotopic (exact) mass is 442 g/mol. The van der Waals surface area contributed by atoms with Crippen molar-refractivity contribution in [3.63, 3.8) is 0 Å². The average molecular weight is 443 g/mol. The van der Waals surface area contributed by atoms with E-state index in [0.717, 1.165) is 16.7 Å². The topological polar surface area (TPSA) is 77.6 Å². The maximum Gasteiger partial charge on any atom is 0.193 e. The highest BCUT2D eigenvalue weighted by Gasteiger charge is 2.39. The number of aromatic hydroxyl groups is 1. The number of benzene rings is 1. The summed E-state index contributed by atoms with van der Waals surface area (Å²) < 4.78 is 18.2. The molecule has 2 heterocycles. The normalized spacial score (nSPS) is 13.6. The summed E-state index contributed by atoms with van der Waals surface area (Å²) in [4.78, 5) is 9.11. The number of rotatable bonds is 5. The third kappa shape index (κ3) is 3.96. The van der Waals surface area contributed by atoms with E-state index in [9.17, 15) is 5.11 Å². The van der Waals surface area contributed by atoms with Crippen LogP contribution in [0.2, 0.25) is 18.1 Å². The van der Waals surface area contributed by atoms with Crippen molar-refractivity contribution in [2.75, 3.05) is 7.11 Å². The summed E-state index contributed by atoms with van der Waals surface area (Å²) >= 11 is 0. The van der Waals surface area contributed by atoms with Crippen molar-refractivity contribution >= 4 is 19.3 Å². The van der Waals surface area contributed by atoms with E-state index in [4.69, 9.17) is 13.6 Å². The fourth-order valence-corrected chi connectivity index (χ4v) is 4.78. The second-order valence-electron chi connectivity index (χ2n) is 9.74. The van der Waals surface area contributed by atoms with Crippen LogP contribution in [0.1, 0.15) is 56.3 Å². The fraction of sp³-hybridized carbons (Fsp3) is 0.500. The molecule has 0 radical (unpaired) electrons. The second-order valence-corrected chi connectivity index (χ2v) is 14.5. The van der Waals surface area contributed by atoms with Gasteiger partial charge >= 0.3 is 0 Å². The van der Waals surface area contributed by atoms with Gasteiger partial charge in [-0.2, -0.15) is 0 Å². The van der Waals surface area contributed by atoms with Crippen molar-refractivity contribution in [3.8, 4) is 22.8 Å². The first kappa shape index (κ1) is 23.3. The van der Waals surface area contributed by atoms with Gasteiger partial charge in [0.2, 0.25) is 0 Å². The molecule has 0 amide bonds. The van der Waals surface area contributed by atoms with Crippen LogP contribution in [0.15, 0.2) is 16.8 Å². The first-order chi connectivity index (χ1) is 14.3. The highest BCUT2D eigenvalue weighted by Crippen LogP contribution is 2.47. The van der Waals surface area contributed by atoms with Crippen LogP contribution < -0.4 is 4.74 Å². The molecule has 0 saturated heterocycles. The lowest BCUT2D eigenvalue weighted by Gasteiger charge is -2.38. The summed E-state index contributed by atoms with van der Waals surface area (Å²) in [6.07, 6.45) is 3.24. The Morgan fingerprint density at radius 2 is 1.61 bits per heavy atom. The molecule has 2 aromatic heterocycles. The van der Waals surface area contributed by atoms with Crippen molar-refractivity contribution in [1.82, 2.24) is 9.97 Å². The van der Waals surface area contributed by atoms with Gasteiger partial charge < -0.3 is 18.7 Å². The molecule has 7 heteroatoms. The average Bonchev–Trinajstić information content (AvgIpc) is 3.09. The van der Waals surface area contributed by atoms with Gasteiger partial charge in [-0.15, -0.1) is 0 Å². The molecule has 6 nitrogen and oxygen atoms in total. The quantitative estimate of drug-likeness (QED) is 0.448. The molecule has 0 aliphatic heterocycles. The number of fused-ring (bicyclic) bond motifs is 1. The SMILES string of the molecule is COc1c(-c2cnc(C(C)O[Si](C)(C)C(C)(C)C)nc2)oc2c(C)c(C)c(C)c(O)c12.